The summed E-state index contributed by atoms with van der Waals surface area (Å²) in [5.41, 5.74) is 3.70. The summed E-state index contributed by atoms with van der Waals surface area (Å²) in [4.78, 5) is 26.5. The van der Waals surface area contributed by atoms with Crippen LogP contribution in [0.5, 0.6) is 0 Å². The number of hydrogen-bond acceptors (Lipinski definition) is 8. The SMILES string of the molecule is CCCCCCCCC[C@H]1C[C@H]2CC[C@H]3C(C(=O)OC)=C(CCCCCC4=C(C(=O)OC)[C@@H]5CC[C@@H]6C[C@H](CCCCCCC)NC(=[N+]65)N4)NC(=[N+]23)N1. The second-order valence-electron chi connectivity index (χ2n) is 16.9. The summed E-state index contributed by atoms with van der Waals surface area (Å²) in [7, 11) is 3.02. The number of allylic oxidation sites excluding steroid dienone is 2. The molecule has 10 nitrogen and oxygen atoms in total. The lowest BCUT2D eigenvalue weighted by molar-refractivity contribution is -0.581. The molecule has 4 N–H and O–H groups in total. The van der Waals surface area contributed by atoms with Crippen molar-refractivity contribution in [2.45, 2.75) is 211 Å². The van der Waals surface area contributed by atoms with Crippen LogP contribution in [-0.2, 0) is 19.1 Å². The first-order valence-corrected chi connectivity index (χ1v) is 22.0. The minimum atomic E-state index is -0.198. The zero-order chi connectivity index (χ0) is 37.2. The van der Waals surface area contributed by atoms with Crippen LogP contribution in [0.1, 0.15) is 174 Å². The van der Waals surface area contributed by atoms with Gasteiger partial charge in [-0.25, -0.2) is 20.2 Å². The van der Waals surface area contributed by atoms with E-state index in [1.165, 1.54) is 104 Å². The Kier molecular flexibility index (Phi) is 14.6. The maximum Gasteiger partial charge on any atom is 0.351 e. The van der Waals surface area contributed by atoms with Gasteiger partial charge in [0, 0.05) is 25.7 Å². The van der Waals surface area contributed by atoms with Gasteiger partial charge in [0.15, 0.2) is 0 Å². The van der Waals surface area contributed by atoms with Crippen molar-refractivity contribution in [2.24, 2.45) is 0 Å². The average molecular weight is 737 g/mol. The molecule has 0 amide bonds. The van der Waals surface area contributed by atoms with Gasteiger partial charge in [-0.15, -0.1) is 0 Å². The molecule has 10 heteroatoms. The molecule has 0 radical (unpaired) electrons. The Balaban J connectivity index is 1.04. The largest absolute Gasteiger partial charge is 0.465 e. The summed E-state index contributed by atoms with van der Waals surface area (Å²) >= 11 is 0. The van der Waals surface area contributed by atoms with Gasteiger partial charge < -0.3 is 9.47 Å². The topological polar surface area (TPSA) is 107 Å². The maximum atomic E-state index is 13.3. The third-order valence-electron chi connectivity index (χ3n) is 13.1. The molecule has 2 saturated heterocycles. The van der Waals surface area contributed by atoms with Crippen molar-refractivity contribution in [3.63, 3.8) is 0 Å². The van der Waals surface area contributed by atoms with Gasteiger partial charge in [-0.1, -0.05) is 97.3 Å². The summed E-state index contributed by atoms with van der Waals surface area (Å²) in [6.07, 6.45) is 29.3. The number of unbranched alkanes of at least 4 members (excludes halogenated alkanes) is 12. The number of methoxy groups -OCH3 is 2. The molecule has 0 bridgehead atoms. The second kappa shape index (κ2) is 19.5. The Labute approximate surface area is 320 Å². The fourth-order valence-corrected chi connectivity index (χ4v) is 10.4. The van der Waals surface area contributed by atoms with E-state index in [1.54, 1.807) is 0 Å². The van der Waals surface area contributed by atoms with Crippen LogP contribution in [0, 0.1) is 0 Å². The van der Waals surface area contributed by atoms with E-state index in [0.717, 1.165) is 105 Å². The van der Waals surface area contributed by atoms with Gasteiger partial charge in [0.25, 0.3) is 0 Å². The number of carbonyl (C=O) groups excluding carboxylic acids is 2. The summed E-state index contributed by atoms with van der Waals surface area (Å²) in [6, 6.07) is 2.09. The fourth-order valence-electron chi connectivity index (χ4n) is 10.4. The number of esters is 2. The Morgan fingerprint density at radius 3 is 1.38 bits per heavy atom. The number of nitrogens with one attached hydrogen (secondary N) is 4. The number of hydrogen-bond donors (Lipinski definition) is 4. The molecule has 6 atom stereocenters. The van der Waals surface area contributed by atoms with Gasteiger partial charge in [-0.05, 0) is 51.4 Å². The molecule has 0 spiro atoms. The first-order valence-electron chi connectivity index (χ1n) is 22.0. The van der Waals surface area contributed by atoms with E-state index in [0.29, 0.717) is 24.2 Å². The molecule has 0 aromatic heterocycles. The van der Waals surface area contributed by atoms with E-state index >= 15 is 0 Å². The molecule has 0 aromatic rings. The molecule has 2 fully saturated rings. The number of nitrogens with zero attached hydrogens (tertiary/aromatic N) is 2. The maximum absolute atomic E-state index is 13.3. The van der Waals surface area contributed by atoms with Crippen molar-refractivity contribution in [1.29, 1.82) is 0 Å². The zero-order valence-electron chi connectivity index (χ0n) is 33.7. The van der Waals surface area contributed by atoms with Crippen molar-refractivity contribution in [3.05, 3.63) is 22.5 Å². The molecule has 6 rings (SSSR count). The van der Waals surface area contributed by atoms with Gasteiger partial charge in [0.2, 0.25) is 0 Å². The molecule has 296 valence electrons. The van der Waals surface area contributed by atoms with Crippen molar-refractivity contribution in [2.75, 3.05) is 14.2 Å². The number of rotatable bonds is 22. The standard InChI is InChI=1S/C43H70N6O4/c1-5-7-9-11-12-14-17-21-31-29-33-25-27-37-39(41(51)53-4)35(47-43(45-31)49(33)37)23-19-15-18-22-34-38(40(50)52-3)36-26-24-32-28-30(20-16-13-10-8-6-2)44-42(46-34)48(32)36/h30-33,36-37H,5-29H2,1-4H3,(H2,44,45,46,47,50,51)/p+2/t30-,31-,32+,33+,36-,37-/m0/s1. The van der Waals surface area contributed by atoms with E-state index in [4.69, 9.17) is 9.47 Å². The first-order chi connectivity index (χ1) is 26.0. The molecule has 6 aliphatic heterocycles. The van der Waals surface area contributed by atoms with E-state index in [2.05, 4.69) is 44.3 Å². The minimum Gasteiger partial charge on any atom is -0.465 e. The molecule has 0 aliphatic carbocycles. The molecule has 6 heterocycles. The molecule has 6 aliphatic rings. The highest BCUT2D eigenvalue weighted by Gasteiger charge is 2.50. The zero-order valence-corrected chi connectivity index (χ0v) is 33.7. The van der Waals surface area contributed by atoms with Gasteiger partial charge in [-0.3, -0.25) is 19.8 Å². The minimum absolute atomic E-state index is 0.0864. The Morgan fingerprint density at radius 1 is 0.566 bits per heavy atom. The smallest absolute Gasteiger partial charge is 0.351 e. The number of guanidine groups is 2. The van der Waals surface area contributed by atoms with Crippen LogP contribution < -0.4 is 21.3 Å². The van der Waals surface area contributed by atoms with Crippen molar-refractivity contribution >= 4 is 23.9 Å². The highest BCUT2D eigenvalue weighted by atomic mass is 16.5. The van der Waals surface area contributed by atoms with E-state index < -0.39 is 0 Å². The van der Waals surface area contributed by atoms with Crippen LogP contribution in [0.3, 0.4) is 0 Å². The van der Waals surface area contributed by atoms with Gasteiger partial charge in [0.1, 0.15) is 23.2 Å². The Bertz CT molecular complexity index is 1420. The second-order valence-corrected chi connectivity index (χ2v) is 16.9. The monoisotopic (exact) mass is 737 g/mol. The Hall–Kier alpha value is -3.04. The number of carbonyl (C=O) groups is 2. The molecular weight excluding hydrogens is 665 g/mol. The van der Waals surface area contributed by atoms with Crippen LogP contribution in [0.25, 0.3) is 0 Å². The van der Waals surface area contributed by atoms with Crippen LogP contribution in [0.4, 0.5) is 0 Å². The van der Waals surface area contributed by atoms with E-state index in [9.17, 15) is 9.59 Å². The van der Waals surface area contributed by atoms with Crippen molar-refractivity contribution in [3.8, 4) is 0 Å². The molecule has 0 saturated carbocycles. The quantitative estimate of drug-likeness (QED) is 0.0534. The summed E-state index contributed by atoms with van der Waals surface area (Å²) in [5.74, 6) is 1.81. The normalized spacial score (nSPS) is 27.2. The number of ether oxygens (including phenoxy) is 2. The lowest BCUT2D eigenvalue weighted by Crippen LogP contribution is -2.59. The molecular formula is C43H72N6O4+2. The summed E-state index contributed by atoms with van der Waals surface area (Å²) in [6.45, 7) is 4.55. The van der Waals surface area contributed by atoms with E-state index in [1.807, 2.05) is 0 Å². The molecule has 0 aromatic carbocycles. The van der Waals surface area contributed by atoms with E-state index in [-0.39, 0.29) is 24.0 Å². The average Bonchev–Trinajstić information content (AvgIpc) is 3.79. The highest BCUT2D eigenvalue weighted by molar-refractivity contribution is 5.94. The third-order valence-corrected chi connectivity index (χ3v) is 13.1. The van der Waals surface area contributed by atoms with Gasteiger partial charge in [0.05, 0.1) is 49.8 Å². The lowest BCUT2D eigenvalue weighted by Gasteiger charge is -2.34. The van der Waals surface area contributed by atoms with Crippen LogP contribution >= 0.6 is 0 Å². The lowest BCUT2D eigenvalue weighted by atomic mass is 9.95. The third kappa shape index (κ3) is 9.44. The van der Waals surface area contributed by atoms with Gasteiger partial charge in [-0.2, -0.15) is 0 Å². The Morgan fingerprint density at radius 2 is 0.962 bits per heavy atom. The summed E-state index contributed by atoms with van der Waals surface area (Å²) in [5, 5.41) is 15.2. The summed E-state index contributed by atoms with van der Waals surface area (Å²) < 4.78 is 15.6. The van der Waals surface area contributed by atoms with Crippen molar-refractivity contribution in [1.82, 2.24) is 21.3 Å². The molecule has 53 heavy (non-hydrogen) atoms. The fraction of sp³-hybridized carbons (Fsp3) is 0.814. The van der Waals surface area contributed by atoms with Crippen LogP contribution in [0.15, 0.2) is 22.5 Å². The predicted octanol–water partition coefficient (Wildman–Crippen LogP) is 7.02. The highest BCUT2D eigenvalue weighted by Crippen LogP contribution is 2.37. The molecule has 0 unspecified atom stereocenters. The van der Waals surface area contributed by atoms with Crippen LogP contribution in [-0.4, -0.2) is 83.5 Å². The van der Waals surface area contributed by atoms with Crippen molar-refractivity contribution < 1.29 is 28.2 Å². The predicted molar refractivity (Wildman–Crippen MR) is 211 cm³/mol. The van der Waals surface area contributed by atoms with Gasteiger partial charge >= 0.3 is 23.9 Å². The first kappa shape index (κ1) is 39.6. The van der Waals surface area contributed by atoms with Crippen LogP contribution in [0.2, 0.25) is 0 Å².